The fourth-order valence-corrected chi connectivity index (χ4v) is 8.83. The van der Waals surface area contributed by atoms with E-state index in [4.69, 9.17) is 19.9 Å². The molecule has 268 valence electrons. The Morgan fingerprint density at radius 3 is 2.73 bits per heavy atom. The lowest BCUT2D eigenvalue weighted by Crippen LogP contribution is -2.44. The van der Waals surface area contributed by atoms with Gasteiger partial charge < -0.3 is 29.8 Å². The first-order valence-electron chi connectivity index (χ1n) is 17.6. The number of fused-ring (bicyclic) bond motifs is 3. The molecule has 2 aromatic heterocycles. The molecule has 1 saturated carbocycles. The molecule has 3 fully saturated rings. The summed E-state index contributed by atoms with van der Waals surface area (Å²) in [5.74, 6) is 1.59. The van der Waals surface area contributed by atoms with Crippen molar-refractivity contribution in [3.8, 4) is 0 Å². The molecule has 0 amide bonds. The average Bonchev–Trinajstić information content (AvgIpc) is 3.73. The number of ether oxygens (including phenoxy) is 3. The van der Waals surface area contributed by atoms with Crippen molar-refractivity contribution in [2.24, 2.45) is 11.8 Å². The summed E-state index contributed by atoms with van der Waals surface area (Å²) >= 11 is 0. The number of nitrogens with zero attached hydrogens (tertiary/aromatic N) is 4. The number of hydrogen-bond acceptors (Lipinski definition) is 9. The van der Waals surface area contributed by atoms with Crippen molar-refractivity contribution >= 4 is 30.6 Å². The van der Waals surface area contributed by atoms with Gasteiger partial charge in [-0.3, -0.25) is 10.2 Å². The van der Waals surface area contributed by atoms with Crippen molar-refractivity contribution < 1.29 is 27.4 Å². The zero-order valence-electron chi connectivity index (χ0n) is 29.1. The van der Waals surface area contributed by atoms with Crippen LogP contribution >= 0.6 is 0 Å². The highest BCUT2D eigenvalue weighted by atomic mass is 28.3. The Morgan fingerprint density at radius 1 is 1.18 bits per heavy atom. The first kappa shape index (κ1) is 34.7. The Kier molecular flexibility index (Phi) is 9.27. The van der Waals surface area contributed by atoms with Crippen molar-refractivity contribution in [3.05, 3.63) is 47.6 Å². The highest BCUT2D eigenvalue weighted by molar-refractivity contribution is 6.76. The third-order valence-corrected chi connectivity index (χ3v) is 12.4. The van der Waals surface area contributed by atoms with Crippen molar-refractivity contribution in [2.45, 2.75) is 108 Å². The smallest absolute Gasteiger partial charge is 0.412 e. The summed E-state index contributed by atoms with van der Waals surface area (Å²) in [7, 11) is -1.24. The van der Waals surface area contributed by atoms with Crippen molar-refractivity contribution in [3.63, 3.8) is 0 Å². The van der Waals surface area contributed by atoms with Crippen LogP contribution in [0.5, 0.6) is 0 Å². The zero-order valence-corrected chi connectivity index (χ0v) is 30.1. The summed E-state index contributed by atoms with van der Waals surface area (Å²) in [5, 5.41) is 8.05. The molecule has 10 nitrogen and oxygen atoms in total. The van der Waals surface area contributed by atoms with Crippen LogP contribution in [0.3, 0.4) is 0 Å². The fraction of sp³-hybridized carbons (Fsp3) is 0.657. The molecule has 4 N–H and O–H groups in total. The molecule has 2 aliphatic heterocycles. The second-order valence-electron chi connectivity index (χ2n) is 16.1. The monoisotopic (exact) mass is 701 g/mol. The van der Waals surface area contributed by atoms with Gasteiger partial charge in [-0.05, 0) is 68.7 Å². The van der Waals surface area contributed by atoms with Gasteiger partial charge in [-0.25, -0.2) is 9.97 Å². The van der Waals surface area contributed by atoms with Crippen molar-refractivity contribution in [2.75, 3.05) is 32.2 Å². The number of anilines is 1. The number of nitrogen functional groups attached to an aromatic ring is 1. The molecule has 3 aliphatic carbocycles. The van der Waals surface area contributed by atoms with Gasteiger partial charge in [0.1, 0.15) is 30.3 Å². The highest BCUT2D eigenvalue weighted by Crippen LogP contribution is 2.45. The molecule has 4 atom stereocenters. The number of alkyl halides is 3. The number of rotatable bonds is 12. The van der Waals surface area contributed by atoms with Crippen LogP contribution in [-0.4, -0.2) is 90.3 Å². The maximum absolute atomic E-state index is 13.6. The Bertz CT molecular complexity index is 1640. The van der Waals surface area contributed by atoms with Crippen LogP contribution in [0.25, 0.3) is 16.7 Å². The van der Waals surface area contributed by atoms with Gasteiger partial charge in [0.25, 0.3) is 0 Å². The molecule has 14 heteroatoms. The Hall–Kier alpha value is -2.75. The van der Waals surface area contributed by atoms with E-state index in [1.807, 2.05) is 30.7 Å². The lowest BCUT2D eigenvalue weighted by Gasteiger charge is -2.39. The van der Waals surface area contributed by atoms with Gasteiger partial charge in [-0.1, -0.05) is 25.7 Å². The van der Waals surface area contributed by atoms with Gasteiger partial charge >= 0.3 is 6.18 Å². The summed E-state index contributed by atoms with van der Waals surface area (Å²) in [6.07, 6.45) is 5.90. The molecule has 3 unspecified atom stereocenters. The van der Waals surface area contributed by atoms with Gasteiger partial charge in [0.05, 0.1) is 17.2 Å². The van der Waals surface area contributed by atoms with Gasteiger partial charge in [-0.2, -0.15) is 13.2 Å². The predicted octanol–water partition coefficient (Wildman–Crippen LogP) is 5.84. The Labute approximate surface area is 287 Å². The molecular weight excluding hydrogens is 652 g/mol. The number of nitrogens with one attached hydrogen (secondary N) is 2. The van der Waals surface area contributed by atoms with E-state index >= 15 is 0 Å². The van der Waals surface area contributed by atoms with Gasteiger partial charge in [-0.15, -0.1) is 0 Å². The third-order valence-electron chi connectivity index (χ3n) is 10.7. The Balaban J connectivity index is 0.938. The van der Waals surface area contributed by atoms with Gasteiger partial charge in [0, 0.05) is 64.5 Å². The minimum absolute atomic E-state index is 0.0242. The van der Waals surface area contributed by atoms with Gasteiger partial charge in [0.15, 0.2) is 6.10 Å². The molecule has 0 spiro atoms. The predicted molar refractivity (Wildman–Crippen MR) is 186 cm³/mol. The zero-order chi connectivity index (χ0) is 34.7. The highest BCUT2D eigenvalue weighted by Gasteiger charge is 2.48. The maximum atomic E-state index is 13.6. The molecular formula is C35H50F3N7O3Si. The first-order chi connectivity index (χ1) is 23.1. The van der Waals surface area contributed by atoms with Crippen LogP contribution < -0.4 is 16.4 Å². The quantitative estimate of drug-likeness (QED) is 0.143. The molecule has 2 aromatic rings. The summed E-state index contributed by atoms with van der Waals surface area (Å²) in [6, 6.07) is 2.82. The second-order valence-corrected chi connectivity index (χ2v) is 21.7. The lowest BCUT2D eigenvalue weighted by atomic mass is 9.72. The van der Waals surface area contributed by atoms with Crippen LogP contribution in [-0.2, 0) is 14.2 Å². The molecule has 2 saturated heterocycles. The average molecular weight is 702 g/mol. The van der Waals surface area contributed by atoms with E-state index in [9.17, 15) is 13.2 Å². The first-order valence-corrected chi connectivity index (χ1v) is 21.3. The summed E-state index contributed by atoms with van der Waals surface area (Å²) in [4.78, 5) is 10.9. The van der Waals surface area contributed by atoms with Crippen LogP contribution in [0.4, 0.5) is 19.0 Å². The molecule has 7 rings (SSSR count). The lowest BCUT2D eigenvalue weighted by molar-refractivity contribution is -0.126. The molecule has 0 aromatic carbocycles. The summed E-state index contributed by atoms with van der Waals surface area (Å²) in [6.45, 7) is 13.5. The van der Waals surface area contributed by atoms with E-state index < -0.39 is 25.6 Å². The summed E-state index contributed by atoms with van der Waals surface area (Å²) in [5.41, 5.74) is 8.41. The summed E-state index contributed by atoms with van der Waals surface area (Å²) < 4.78 is 61.4. The second kappa shape index (κ2) is 13.1. The number of nitrogens with two attached hydrogens (primary N) is 1. The number of aromatic nitrogens is 3. The molecule has 4 heterocycles. The van der Waals surface area contributed by atoms with Crippen molar-refractivity contribution in [1.29, 1.82) is 0 Å². The van der Waals surface area contributed by atoms with E-state index in [0.29, 0.717) is 44.0 Å². The largest absolute Gasteiger partial charge is 0.464 e. The van der Waals surface area contributed by atoms with Crippen LogP contribution in [0.15, 0.2) is 47.6 Å². The van der Waals surface area contributed by atoms with E-state index in [-0.39, 0.29) is 30.8 Å². The third kappa shape index (κ3) is 7.36. The minimum Gasteiger partial charge on any atom is -0.464 e. The van der Waals surface area contributed by atoms with E-state index in [2.05, 4.69) is 51.2 Å². The standard InChI is InChI=1S/C35H50F3N7O3Si/c1-34(2)47-30-23(15-28(31(30)48-34)44-9-8-25-32(39)41-19-42-33(25)44)18-40-17-22-12-21(13-22)14-29-43-26-16-24(35(36,37)38)6-7-27(26)45(29)20-46-10-11-49(3,4)5/h6,8-9,15,19,21-22,26-27,29,31,40,43H,7,10-14,16-18,20H2,1-5H3,(H2,39,41,42)/t21?,22?,26?,27?,29?,31-/m0/s1. The van der Waals surface area contributed by atoms with E-state index in [0.717, 1.165) is 59.9 Å². The fourth-order valence-electron chi connectivity index (χ4n) is 8.07. The molecule has 0 radical (unpaired) electrons. The SMILES string of the molecule is CC1(C)OC2=C(CNCC3CC(CC4NC5CC(C(F)(F)F)=CCC5N4COCC[Si](C)(C)C)C3)C=C(n3ccc4c(N)ncnc43)[C@@H]2O1. The molecule has 5 aliphatic rings. The van der Waals surface area contributed by atoms with Crippen LogP contribution in [0.2, 0.25) is 25.7 Å². The van der Waals surface area contributed by atoms with Crippen LogP contribution in [0, 0.1) is 11.8 Å². The number of halogens is 3. The normalized spacial score (nSPS) is 29.9. The van der Waals surface area contributed by atoms with Crippen molar-refractivity contribution in [1.82, 2.24) is 30.1 Å². The number of hydrogen-bond donors (Lipinski definition) is 3. The van der Waals surface area contributed by atoms with Gasteiger partial charge in [0.2, 0.25) is 5.79 Å². The topological polar surface area (TPSA) is 112 Å². The minimum atomic E-state index is -4.27. The van der Waals surface area contributed by atoms with E-state index in [1.54, 1.807) is 0 Å². The molecule has 49 heavy (non-hydrogen) atoms. The molecule has 0 bridgehead atoms. The van der Waals surface area contributed by atoms with Crippen LogP contribution in [0.1, 0.15) is 46.0 Å². The maximum Gasteiger partial charge on any atom is 0.412 e. The van der Waals surface area contributed by atoms with E-state index in [1.165, 1.54) is 12.4 Å². The Morgan fingerprint density at radius 2 is 1.98 bits per heavy atom.